The molecular weight excluding hydrogens is 306 g/mol. The van der Waals surface area contributed by atoms with Crippen molar-refractivity contribution < 1.29 is 19.5 Å². The summed E-state index contributed by atoms with van der Waals surface area (Å²) in [6.07, 6.45) is 0.333. The van der Waals surface area contributed by atoms with E-state index in [4.69, 9.17) is 5.11 Å². The summed E-state index contributed by atoms with van der Waals surface area (Å²) in [5, 5.41) is 15.9. The zero-order valence-corrected chi connectivity index (χ0v) is 13.7. The summed E-state index contributed by atoms with van der Waals surface area (Å²) in [4.78, 5) is 37.9. The first-order valence-electron chi connectivity index (χ1n) is 6.88. The highest BCUT2D eigenvalue weighted by molar-refractivity contribution is 7.13. The Bertz CT molecular complexity index is 549. The van der Waals surface area contributed by atoms with E-state index in [2.05, 4.69) is 15.6 Å². The molecule has 22 heavy (non-hydrogen) atoms. The number of carboxylic acid groups (broad SMARTS) is 1. The van der Waals surface area contributed by atoms with Crippen LogP contribution < -0.4 is 10.6 Å². The first-order valence-corrected chi connectivity index (χ1v) is 7.76. The number of aliphatic carboxylic acids is 1. The van der Waals surface area contributed by atoms with Gasteiger partial charge in [0.25, 0.3) is 0 Å². The highest BCUT2D eigenvalue weighted by Crippen LogP contribution is 2.21. The van der Waals surface area contributed by atoms with Crippen LogP contribution in [0.5, 0.6) is 0 Å². The maximum Gasteiger partial charge on any atom is 0.305 e. The molecule has 0 aromatic carbocycles. The average Bonchev–Trinajstić information content (AvgIpc) is 2.72. The summed E-state index contributed by atoms with van der Waals surface area (Å²) in [6, 6.07) is 0. The molecule has 0 spiro atoms. The van der Waals surface area contributed by atoms with E-state index in [0.717, 1.165) is 0 Å². The van der Waals surface area contributed by atoms with E-state index in [-0.39, 0.29) is 36.6 Å². The van der Waals surface area contributed by atoms with Gasteiger partial charge in [0.05, 0.1) is 18.5 Å². The number of anilines is 1. The van der Waals surface area contributed by atoms with Gasteiger partial charge in [0, 0.05) is 18.3 Å². The number of nitrogens with zero attached hydrogens (tertiary/aromatic N) is 1. The molecule has 0 fully saturated rings. The van der Waals surface area contributed by atoms with Crippen LogP contribution in [0, 0.1) is 5.41 Å². The van der Waals surface area contributed by atoms with Crippen LogP contribution in [0.25, 0.3) is 0 Å². The molecule has 0 saturated carbocycles. The van der Waals surface area contributed by atoms with Crippen molar-refractivity contribution in [3.63, 3.8) is 0 Å². The van der Waals surface area contributed by atoms with E-state index in [1.165, 1.54) is 11.3 Å². The Labute approximate surface area is 133 Å². The lowest BCUT2D eigenvalue weighted by molar-refractivity contribution is -0.137. The van der Waals surface area contributed by atoms with Crippen molar-refractivity contribution in [1.82, 2.24) is 10.3 Å². The maximum absolute atomic E-state index is 11.8. The lowest BCUT2D eigenvalue weighted by Crippen LogP contribution is -2.27. The summed E-state index contributed by atoms with van der Waals surface area (Å²) in [7, 11) is 0. The average molecular weight is 327 g/mol. The standard InChI is InChI=1S/C14H21N3O4S/c1-14(2,3)7-11(19)17-13-16-9(8-22-13)6-10(18)15-5-4-12(20)21/h8H,4-7H2,1-3H3,(H,15,18)(H,20,21)(H,16,17,19). The molecule has 0 radical (unpaired) electrons. The monoisotopic (exact) mass is 327 g/mol. The Balaban J connectivity index is 2.42. The summed E-state index contributed by atoms with van der Waals surface area (Å²) < 4.78 is 0. The minimum atomic E-state index is -0.960. The van der Waals surface area contributed by atoms with E-state index in [0.29, 0.717) is 17.2 Å². The molecule has 3 N–H and O–H groups in total. The molecular formula is C14H21N3O4S. The predicted octanol–water partition coefficient (Wildman–Crippen LogP) is 1.65. The lowest BCUT2D eigenvalue weighted by atomic mass is 9.92. The number of carbonyl (C=O) groups excluding carboxylic acids is 2. The third kappa shape index (κ3) is 7.72. The number of thiazole rings is 1. The van der Waals surface area contributed by atoms with Gasteiger partial charge in [-0.25, -0.2) is 4.98 Å². The van der Waals surface area contributed by atoms with E-state index in [9.17, 15) is 14.4 Å². The largest absolute Gasteiger partial charge is 0.481 e. The van der Waals surface area contributed by atoms with Crippen LogP contribution in [0.15, 0.2) is 5.38 Å². The zero-order valence-electron chi connectivity index (χ0n) is 12.9. The van der Waals surface area contributed by atoms with Crippen molar-refractivity contribution in [1.29, 1.82) is 0 Å². The minimum absolute atomic E-state index is 0.0608. The number of carbonyl (C=O) groups is 3. The molecule has 122 valence electrons. The number of hydrogen-bond acceptors (Lipinski definition) is 5. The molecule has 1 aromatic heterocycles. The van der Waals surface area contributed by atoms with E-state index >= 15 is 0 Å². The molecule has 0 saturated heterocycles. The summed E-state index contributed by atoms with van der Waals surface area (Å²) >= 11 is 1.26. The number of nitrogens with one attached hydrogen (secondary N) is 2. The van der Waals surface area contributed by atoms with Crippen LogP contribution >= 0.6 is 11.3 Å². The predicted molar refractivity (Wildman–Crippen MR) is 83.8 cm³/mol. The highest BCUT2D eigenvalue weighted by Gasteiger charge is 2.17. The van der Waals surface area contributed by atoms with Gasteiger partial charge in [0.1, 0.15) is 0 Å². The summed E-state index contributed by atoms with van der Waals surface area (Å²) in [5.74, 6) is -1.36. The van der Waals surface area contributed by atoms with Crippen molar-refractivity contribution in [2.24, 2.45) is 5.41 Å². The van der Waals surface area contributed by atoms with Gasteiger partial charge < -0.3 is 15.7 Å². The number of hydrogen-bond donors (Lipinski definition) is 3. The smallest absolute Gasteiger partial charge is 0.305 e. The van der Waals surface area contributed by atoms with Gasteiger partial charge >= 0.3 is 5.97 Å². The Hall–Kier alpha value is -1.96. The van der Waals surface area contributed by atoms with Crippen LogP contribution in [0.4, 0.5) is 5.13 Å². The molecule has 0 bridgehead atoms. The summed E-state index contributed by atoms with van der Waals surface area (Å²) in [5.41, 5.74) is 0.442. The molecule has 0 unspecified atom stereocenters. The molecule has 0 atom stereocenters. The fourth-order valence-corrected chi connectivity index (χ4v) is 2.35. The molecule has 0 aliphatic heterocycles. The number of aromatic nitrogens is 1. The van der Waals surface area contributed by atoms with Gasteiger partial charge in [-0.1, -0.05) is 20.8 Å². The Morgan fingerprint density at radius 2 is 1.95 bits per heavy atom. The van der Waals surface area contributed by atoms with Crippen molar-refractivity contribution in [2.75, 3.05) is 11.9 Å². The van der Waals surface area contributed by atoms with Gasteiger partial charge in [-0.2, -0.15) is 0 Å². The molecule has 1 aromatic rings. The van der Waals surface area contributed by atoms with Crippen LogP contribution in [0.2, 0.25) is 0 Å². The van der Waals surface area contributed by atoms with Gasteiger partial charge in [-0.05, 0) is 5.41 Å². The second-order valence-electron chi connectivity index (χ2n) is 6.10. The third-order valence-electron chi connectivity index (χ3n) is 2.49. The quantitative estimate of drug-likeness (QED) is 0.705. The fourth-order valence-electron chi connectivity index (χ4n) is 1.63. The van der Waals surface area contributed by atoms with Gasteiger partial charge in [-0.15, -0.1) is 11.3 Å². The first-order chi connectivity index (χ1) is 10.2. The normalized spacial score (nSPS) is 11.0. The molecule has 7 nitrogen and oxygen atoms in total. The second kappa shape index (κ2) is 7.88. The maximum atomic E-state index is 11.8. The van der Waals surface area contributed by atoms with Crippen molar-refractivity contribution >= 4 is 34.3 Å². The molecule has 1 rings (SSSR count). The molecule has 0 aliphatic carbocycles. The molecule has 0 aliphatic rings. The van der Waals surface area contributed by atoms with Gasteiger partial charge in [0.2, 0.25) is 11.8 Å². The Kier molecular flexibility index (Phi) is 6.48. The second-order valence-corrected chi connectivity index (χ2v) is 6.96. The van der Waals surface area contributed by atoms with E-state index < -0.39 is 5.97 Å². The molecule has 1 heterocycles. The fraction of sp³-hybridized carbons (Fsp3) is 0.571. The van der Waals surface area contributed by atoms with E-state index in [1.807, 2.05) is 20.8 Å². The summed E-state index contributed by atoms with van der Waals surface area (Å²) in [6.45, 7) is 6.01. The minimum Gasteiger partial charge on any atom is -0.481 e. The highest BCUT2D eigenvalue weighted by atomic mass is 32.1. The Morgan fingerprint density at radius 1 is 1.27 bits per heavy atom. The lowest BCUT2D eigenvalue weighted by Gasteiger charge is -2.16. The Morgan fingerprint density at radius 3 is 2.55 bits per heavy atom. The van der Waals surface area contributed by atoms with Crippen LogP contribution in [-0.4, -0.2) is 34.4 Å². The number of carboxylic acids is 1. The van der Waals surface area contributed by atoms with Gasteiger partial charge in [-0.3, -0.25) is 14.4 Å². The van der Waals surface area contributed by atoms with Crippen molar-refractivity contribution in [2.45, 2.75) is 40.0 Å². The van der Waals surface area contributed by atoms with Crippen molar-refractivity contribution in [3.8, 4) is 0 Å². The molecule has 8 heteroatoms. The zero-order chi connectivity index (χ0) is 16.8. The third-order valence-corrected chi connectivity index (χ3v) is 3.30. The van der Waals surface area contributed by atoms with Crippen LogP contribution in [0.3, 0.4) is 0 Å². The molecule has 2 amide bonds. The van der Waals surface area contributed by atoms with Crippen LogP contribution in [0.1, 0.15) is 39.3 Å². The SMILES string of the molecule is CC(C)(C)CC(=O)Nc1nc(CC(=O)NCCC(=O)O)cs1. The van der Waals surface area contributed by atoms with Crippen LogP contribution in [-0.2, 0) is 20.8 Å². The van der Waals surface area contributed by atoms with Crippen molar-refractivity contribution in [3.05, 3.63) is 11.1 Å². The first kappa shape index (κ1) is 18.1. The van der Waals surface area contributed by atoms with E-state index in [1.54, 1.807) is 5.38 Å². The number of amides is 2. The number of rotatable bonds is 7. The topological polar surface area (TPSA) is 108 Å². The van der Waals surface area contributed by atoms with Gasteiger partial charge in [0.15, 0.2) is 5.13 Å².